The average Bonchev–Trinajstić information content (AvgIpc) is 3.22. The molecular formula is C33H36N2O6. The fraction of sp³-hybridized carbons (Fsp3) is 0.303. The molecule has 0 bridgehead atoms. The average molecular weight is 557 g/mol. The Hall–Kier alpha value is -4.43. The van der Waals surface area contributed by atoms with Gasteiger partial charge in [-0.1, -0.05) is 56.3 Å². The summed E-state index contributed by atoms with van der Waals surface area (Å²) in [6.07, 6.45) is 0. The molecule has 4 rings (SSSR count). The number of benzene rings is 3. The highest BCUT2D eigenvalue weighted by atomic mass is 16.5. The van der Waals surface area contributed by atoms with Gasteiger partial charge in [0.2, 0.25) is 0 Å². The Balaban J connectivity index is 1.69. The molecule has 1 unspecified atom stereocenters. The largest absolute Gasteiger partial charge is 0.507 e. The van der Waals surface area contributed by atoms with Crippen molar-refractivity contribution in [1.29, 1.82) is 0 Å². The van der Waals surface area contributed by atoms with E-state index in [9.17, 15) is 19.5 Å². The van der Waals surface area contributed by atoms with Gasteiger partial charge in [0.25, 0.3) is 11.7 Å². The van der Waals surface area contributed by atoms with Crippen LogP contribution >= 0.6 is 0 Å². The molecule has 0 aliphatic carbocycles. The summed E-state index contributed by atoms with van der Waals surface area (Å²) < 4.78 is 11.1. The normalized spacial score (nSPS) is 16.3. The quantitative estimate of drug-likeness (QED) is 0.113. The molecular weight excluding hydrogens is 520 g/mol. The molecule has 0 spiro atoms. The van der Waals surface area contributed by atoms with Crippen LogP contribution in [0, 0.1) is 6.92 Å². The Morgan fingerprint density at radius 3 is 2.27 bits per heavy atom. The van der Waals surface area contributed by atoms with Crippen molar-refractivity contribution < 1.29 is 29.0 Å². The van der Waals surface area contributed by atoms with Gasteiger partial charge in [0.05, 0.1) is 11.6 Å². The van der Waals surface area contributed by atoms with E-state index in [2.05, 4.69) is 4.90 Å². The smallest absolute Gasteiger partial charge is 0.308 e. The summed E-state index contributed by atoms with van der Waals surface area (Å²) >= 11 is 0. The number of hydrogen-bond donors (Lipinski definition) is 1. The molecule has 3 aromatic rings. The minimum absolute atomic E-state index is 0.0205. The van der Waals surface area contributed by atoms with Gasteiger partial charge >= 0.3 is 5.97 Å². The van der Waals surface area contributed by atoms with Crippen LogP contribution in [-0.2, 0) is 21.0 Å². The first-order valence-electron chi connectivity index (χ1n) is 13.8. The maximum Gasteiger partial charge on any atom is 0.308 e. The second-order valence-electron chi connectivity index (χ2n) is 9.94. The number of ketones is 1. The standard InChI is InChI=1S/C33H36N2O6/c1-5-34(6-2)18-19-35-30(25-12-15-27(16-13-25)41-23(4)36)29(32(38)33(35)39)31(37)26-14-17-28(22(3)20-26)40-21-24-10-8-7-9-11-24/h7-17,20,30,37H,5-6,18-19,21H2,1-4H3/b31-29-. The van der Waals surface area contributed by atoms with Gasteiger partial charge in [-0.2, -0.15) is 0 Å². The van der Waals surface area contributed by atoms with Gasteiger partial charge in [0.15, 0.2) is 0 Å². The van der Waals surface area contributed by atoms with E-state index in [0.717, 1.165) is 24.2 Å². The van der Waals surface area contributed by atoms with Crippen LogP contribution in [0.4, 0.5) is 0 Å². The molecule has 0 saturated carbocycles. The minimum Gasteiger partial charge on any atom is -0.507 e. The lowest BCUT2D eigenvalue weighted by Crippen LogP contribution is -2.38. The first kappa shape index (κ1) is 29.6. The number of hydrogen-bond acceptors (Lipinski definition) is 7. The van der Waals surface area contributed by atoms with Crippen molar-refractivity contribution in [1.82, 2.24) is 9.80 Å². The number of Topliss-reactive ketones (excluding diaryl/α,β-unsaturated/α-hetero) is 1. The highest BCUT2D eigenvalue weighted by Gasteiger charge is 2.46. The summed E-state index contributed by atoms with van der Waals surface area (Å²) in [5, 5.41) is 11.5. The van der Waals surface area contributed by atoms with E-state index in [-0.39, 0.29) is 11.3 Å². The molecule has 0 radical (unpaired) electrons. The number of rotatable bonds is 11. The maximum atomic E-state index is 13.4. The number of likely N-dealkylation sites (N-methyl/N-ethyl adjacent to an activating group) is 1. The predicted molar refractivity (Wildman–Crippen MR) is 157 cm³/mol. The van der Waals surface area contributed by atoms with E-state index in [1.165, 1.54) is 11.8 Å². The summed E-state index contributed by atoms with van der Waals surface area (Å²) in [6, 6.07) is 20.8. The number of carbonyl (C=O) groups is 3. The number of aryl methyl sites for hydroxylation is 1. The van der Waals surface area contributed by atoms with Crippen LogP contribution in [0.25, 0.3) is 5.76 Å². The van der Waals surface area contributed by atoms with Gasteiger partial charge in [-0.25, -0.2) is 0 Å². The van der Waals surface area contributed by atoms with Crippen molar-refractivity contribution in [3.8, 4) is 11.5 Å². The van der Waals surface area contributed by atoms with Crippen LogP contribution in [-0.4, -0.2) is 58.7 Å². The maximum absolute atomic E-state index is 13.4. The highest BCUT2D eigenvalue weighted by Crippen LogP contribution is 2.40. The molecule has 1 N–H and O–H groups in total. The number of ether oxygens (including phenoxy) is 2. The number of amides is 1. The zero-order valence-electron chi connectivity index (χ0n) is 23.9. The van der Waals surface area contributed by atoms with Crippen LogP contribution < -0.4 is 9.47 Å². The molecule has 1 aliphatic heterocycles. The monoisotopic (exact) mass is 556 g/mol. The lowest BCUT2D eigenvalue weighted by Gasteiger charge is -2.28. The fourth-order valence-electron chi connectivity index (χ4n) is 4.98. The van der Waals surface area contributed by atoms with Crippen LogP contribution in [0.1, 0.15) is 49.1 Å². The first-order valence-corrected chi connectivity index (χ1v) is 13.8. The van der Waals surface area contributed by atoms with Gasteiger partial charge in [-0.05, 0) is 67.0 Å². The van der Waals surface area contributed by atoms with Crippen molar-refractivity contribution in [3.05, 3.63) is 101 Å². The molecule has 0 aromatic heterocycles. The van der Waals surface area contributed by atoms with E-state index < -0.39 is 23.7 Å². The molecule has 214 valence electrons. The van der Waals surface area contributed by atoms with Crippen molar-refractivity contribution in [2.45, 2.75) is 40.3 Å². The van der Waals surface area contributed by atoms with Gasteiger partial charge in [0, 0.05) is 25.6 Å². The van der Waals surface area contributed by atoms with Crippen LogP contribution in [0.3, 0.4) is 0 Å². The summed E-state index contributed by atoms with van der Waals surface area (Å²) in [5.74, 6) is -1.09. The zero-order chi connectivity index (χ0) is 29.5. The van der Waals surface area contributed by atoms with Crippen molar-refractivity contribution in [2.75, 3.05) is 26.2 Å². The van der Waals surface area contributed by atoms with Gasteiger partial charge in [0.1, 0.15) is 23.9 Å². The van der Waals surface area contributed by atoms with Crippen molar-refractivity contribution >= 4 is 23.4 Å². The third-order valence-electron chi connectivity index (χ3n) is 7.23. The third kappa shape index (κ3) is 6.84. The lowest BCUT2D eigenvalue weighted by atomic mass is 9.94. The molecule has 8 nitrogen and oxygen atoms in total. The van der Waals surface area contributed by atoms with E-state index in [0.29, 0.717) is 42.3 Å². The Bertz CT molecular complexity index is 1430. The lowest BCUT2D eigenvalue weighted by molar-refractivity contribution is -0.140. The summed E-state index contributed by atoms with van der Waals surface area (Å²) in [5.41, 5.74) is 2.87. The molecule has 1 heterocycles. The Morgan fingerprint density at radius 1 is 0.976 bits per heavy atom. The molecule has 41 heavy (non-hydrogen) atoms. The van der Waals surface area contributed by atoms with Crippen LogP contribution in [0.5, 0.6) is 11.5 Å². The third-order valence-corrected chi connectivity index (χ3v) is 7.23. The zero-order valence-corrected chi connectivity index (χ0v) is 23.9. The van der Waals surface area contributed by atoms with E-state index in [1.54, 1.807) is 42.5 Å². The number of aliphatic hydroxyl groups excluding tert-OH is 1. The second-order valence-corrected chi connectivity index (χ2v) is 9.94. The molecule has 1 fully saturated rings. The van der Waals surface area contributed by atoms with Crippen LogP contribution in [0.15, 0.2) is 78.4 Å². The Kier molecular flexibility index (Phi) is 9.57. The van der Waals surface area contributed by atoms with Crippen LogP contribution in [0.2, 0.25) is 0 Å². The van der Waals surface area contributed by atoms with Gasteiger partial charge in [-0.15, -0.1) is 0 Å². The number of carbonyl (C=O) groups excluding carboxylic acids is 3. The highest BCUT2D eigenvalue weighted by molar-refractivity contribution is 6.46. The molecule has 1 saturated heterocycles. The van der Waals surface area contributed by atoms with E-state index in [1.807, 2.05) is 51.1 Å². The first-order chi connectivity index (χ1) is 19.7. The van der Waals surface area contributed by atoms with Crippen molar-refractivity contribution in [2.24, 2.45) is 0 Å². The molecule has 3 aromatic carbocycles. The second kappa shape index (κ2) is 13.3. The Morgan fingerprint density at radius 2 is 1.66 bits per heavy atom. The topological polar surface area (TPSA) is 96.4 Å². The SMILES string of the molecule is CCN(CC)CCN1C(=O)C(=O)/C(=C(\O)c2ccc(OCc3ccccc3)c(C)c2)C1c1ccc(OC(C)=O)cc1. The molecule has 1 atom stereocenters. The summed E-state index contributed by atoms with van der Waals surface area (Å²) in [6.45, 7) is 10.2. The number of aliphatic hydroxyl groups is 1. The summed E-state index contributed by atoms with van der Waals surface area (Å²) in [7, 11) is 0. The predicted octanol–water partition coefficient (Wildman–Crippen LogP) is 5.26. The van der Waals surface area contributed by atoms with E-state index in [4.69, 9.17) is 9.47 Å². The van der Waals surface area contributed by atoms with Gasteiger partial charge < -0.3 is 24.4 Å². The molecule has 8 heteroatoms. The summed E-state index contributed by atoms with van der Waals surface area (Å²) in [4.78, 5) is 41.8. The fourth-order valence-corrected chi connectivity index (χ4v) is 4.98. The number of esters is 1. The minimum atomic E-state index is -0.800. The molecule has 1 aliphatic rings. The molecule has 1 amide bonds. The Labute approximate surface area is 240 Å². The van der Waals surface area contributed by atoms with E-state index >= 15 is 0 Å². The van der Waals surface area contributed by atoms with Gasteiger partial charge in [-0.3, -0.25) is 14.4 Å². The number of likely N-dealkylation sites (tertiary alicyclic amines) is 1. The number of nitrogens with zero attached hydrogens (tertiary/aromatic N) is 2. The van der Waals surface area contributed by atoms with Crippen molar-refractivity contribution in [3.63, 3.8) is 0 Å².